The van der Waals surface area contributed by atoms with Gasteiger partial charge in [-0.25, -0.2) is 9.69 Å². The molecular formula is C23H41N5O7P+. The van der Waals surface area contributed by atoms with Crippen molar-refractivity contribution in [2.75, 3.05) is 19.9 Å². The van der Waals surface area contributed by atoms with Crippen LogP contribution in [0.25, 0.3) is 0 Å². The fourth-order valence-electron chi connectivity index (χ4n) is 4.76. The van der Waals surface area contributed by atoms with Gasteiger partial charge in [0.2, 0.25) is 0 Å². The summed E-state index contributed by atoms with van der Waals surface area (Å²) < 4.78 is 19.8. The molecule has 2 rings (SSSR count). The topological polar surface area (TPSA) is 171 Å². The predicted octanol–water partition coefficient (Wildman–Crippen LogP) is 1.31. The Kier molecular flexibility index (Phi) is 10.4. The number of nitrogens with two attached hydrogens (primary N) is 1. The Morgan fingerprint density at radius 1 is 1.33 bits per heavy atom. The van der Waals surface area contributed by atoms with Gasteiger partial charge in [0.15, 0.2) is 23.8 Å². The SMILES string of the molecule is CO[C@@H]1[C@H](O[P+](O)(CCC#N)N(C(C)C)C(C)C)[C@@H](CO)O[C@H]1N1C=CC(N)(C(=O)C(C)C)NC1=O. The van der Waals surface area contributed by atoms with Crippen LogP contribution in [-0.2, 0) is 18.8 Å². The van der Waals surface area contributed by atoms with Crippen molar-refractivity contribution < 1.29 is 33.6 Å². The number of methoxy groups -OCH3 is 1. The minimum absolute atomic E-state index is 0.0679. The van der Waals surface area contributed by atoms with E-state index in [1.165, 1.54) is 24.3 Å². The largest absolute Gasteiger partial charge is 0.394 e. The van der Waals surface area contributed by atoms with Gasteiger partial charge >= 0.3 is 13.9 Å². The third-order valence-electron chi connectivity index (χ3n) is 6.21. The van der Waals surface area contributed by atoms with E-state index in [-0.39, 0.29) is 30.4 Å². The lowest BCUT2D eigenvalue weighted by atomic mass is 9.95. The first-order chi connectivity index (χ1) is 16.8. The van der Waals surface area contributed by atoms with Crippen LogP contribution in [0.15, 0.2) is 12.3 Å². The molecule has 13 heteroatoms. The van der Waals surface area contributed by atoms with Gasteiger partial charge in [-0.3, -0.25) is 15.4 Å². The van der Waals surface area contributed by atoms with Crippen LogP contribution in [0.2, 0.25) is 0 Å². The predicted molar refractivity (Wildman–Crippen MR) is 134 cm³/mol. The molecule has 0 radical (unpaired) electrons. The van der Waals surface area contributed by atoms with Crippen molar-refractivity contribution in [3.8, 4) is 6.07 Å². The van der Waals surface area contributed by atoms with Crippen molar-refractivity contribution in [1.82, 2.24) is 14.9 Å². The Bertz CT molecular complexity index is 858. The van der Waals surface area contributed by atoms with Gasteiger partial charge in [-0.15, -0.1) is 4.67 Å². The molecule has 0 aliphatic carbocycles. The number of carbonyl (C=O) groups excluding carboxylic acids is 2. The standard InChI is InChI=1S/C23H40N5O7P/c1-14(2)20(30)23(25)9-11-27(22(31)26-23)21-19(33-7)18(17(13-29)34-21)35-36(32,12-8-10-24)28(15(3)4)16(5)6/h9,11,14-19,21,29,32H,8,12-13,25H2,1-7H3/p+1/t17-,18-,19-,21-,23?,36?/m1/s1. The Balaban J connectivity index is 2.40. The third kappa shape index (κ3) is 6.23. The summed E-state index contributed by atoms with van der Waals surface area (Å²) in [6.07, 6.45) is -0.933. The van der Waals surface area contributed by atoms with E-state index in [9.17, 15) is 24.9 Å². The van der Waals surface area contributed by atoms with Crippen molar-refractivity contribution in [3.63, 3.8) is 0 Å². The number of ketones is 1. The fraction of sp³-hybridized carbons (Fsp3) is 0.783. The quantitative estimate of drug-likeness (QED) is 0.270. The number of ether oxygens (including phenoxy) is 2. The molecule has 204 valence electrons. The van der Waals surface area contributed by atoms with Crippen LogP contribution < -0.4 is 11.1 Å². The maximum Gasteiger partial charge on any atom is 0.347 e. The van der Waals surface area contributed by atoms with Crippen LogP contribution in [0.4, 0.5) is 4.79 Å². The molecule has 2 aliphatic rings. The summed E-state index contributed by atoms with van der Waals surface area (Å²) in [5, 5.41) is 21.8. The molecule has 12 nitrogen and oxygen atoms in total. The summed E-state index contributed by atoms with van der Waals surface area (Å²) in [6.45, 7) is 10.6. The molecule has 0 bridgehead atoms. The molecule has 0 spiro atoms. The second-order valence-corrected chi connectivity index (χ2v) is 12.4. The van der Waals surface area contributed by atoms with Crippen molar-refractivity contribution in [1.29, 1.82) is 5.26 Å². The number of Topliss-reactive ketones (excluding diaryl/α,β-unsaturated/α-hetero) is 1. The molecular weight excluding hydrogens is 489 g/mol. The van der Waals surface area contributed by atoms with E-state index in [0.29, 0.717) is 0 Å². The molecule has 0 aromatic heterocycles. The highest BCUT2D eigenvalue weighted by atomic mass is 31.2. The molecule has 1 saturated heterocycles. The first-order valence-electron chi connectivity index (χ1n) is 12.1. The van der Waals surface area contributed by atoms with E-state index < -0.39 is 56.6 Å². The summed E-state index contributed by atoms with van der Waals surface area (Å²) in [5.74, 6) is -0.760. The van der Waals surface area contributed by atoms with Crippen LogP contribution in [0.5, 0.6) is 0 Å². The number of nitrogens with zero attached hydrogens (tertiary/aromatic N) is 3. The van der Waals surface area contributed by atoms with Gasteiger partial charge in [-0.05, 0) is 33.8 Å². The average molecular weight is 531 g/mol. The van der Waals surface area contributed by atoms with Crippen molar-refractivity contribution in [2.45, 2.75) is 90.2 Å². The minimum atomic E-state index is -3.35. The van der Waals surface area contributed by atoms with Gasteiger partial charge in [0.25, 0.3) is 0 Å². The number of hydrogen-bond donors (Lipinski definition) is 4. The van der Waals surface area contributed by atoms with Gasteiger partial charge < -0.3 is 19.9 Å². The number of urea groups is 1. The van der Waals surface area contributed by atoms with Crippen LogP contribution >= 0.6 is 7.87 Å². The number of aliphatic hydroxyl groups excluding tert-OH is 1. The average Bonchev–Trinajstić information content (AvgIpc) is 3.13. The van der Waals surface area contributed by atoms with Gasteiger partial charge in [0.05, 0.1) is 19.1 Å². The van der Waals surface area contributed by atoms with Crippen LogP contribution in [0.1, 0.15) is 48.0 Å². The molecule has 2 heterocycles. The summed E-state index contributed by atoms with van der Waals surface area (Å²) in [4.78, 5) is 38.5. The van der Waals surface area contributed by atoms with Crippen molar-refractivity contribution in [2.24, 2.45) is 11.7 Å². The molecule has 0 saturated carbocycles. The number of carbonyl (C=O) groups is 2. The molecule has 0 aromatic carbocycles. The zero-order chi connectivity index (χ0) is 27.4. The lowest BCUT2D eigenvalue weighted by Gasteiger charge is -2.38. The fourth-order valence-corrected chi connectivity index (χ4v) is 7.68. The van der Waals surface area contributed by atoms with E-state index in [1.54, 1.807) is 13.8 Å². The van der Waals surface area contributed by atoms with E-state index >= 15 is 0 Å². The summed E-state index contributed by atoms with van der Waals surface area (Å²) in [7, 11) is -1.94. The smallest absolute Gasteiger partial charge is 0.347 e. The third-order valence-corrected chi connectivity index (χ3v) is 9.25. The minimum Gasteiger partial charge on any atom is -0.394 e. The Morgan fingerprint density at radius 3 is 2.39 bits per heavy atom. The summed E-state index contributed by atoms with van der Waals surface area (Å²) in [6, 6.07) is 1.19. The second-order valence-electron chi connectivity index (χ2n) is 9.92. The Morgan fingerprint density at radius 2 is 1.94 bits per heavy atom. The van der Waals surface area contributed by atoms with Gasteiger partial charge in [0.1, 0.15) is 18.4 Å². The maximum absolute atomic E-state index is 13.0. The molecule has 2 aliphatic heterocycles. The lowest BCUT2D eigenvalue weighted by molar-refractivity contribution is -0.127. The molecule has 36 heavy (non-hydrogen) atoms. The van der Waals surface area contributed by atoms with Gasteiger partial charge in [-0.2, -0.15) is 9.79 Å². The number of hydrogen-bond acceptors (Lipinski definition) is 10. The maximum atomic E-state index is 13.0. The van der Waals surface area contributed by atoms with Crippen molar-refractivity contribution >= 4 is 19.7 Å². The second kappa shape index (κ2) is 12.2. The van der Waals surface area contributed by atoms with E-state index in [4.69, 9.17) is 19.7 Å². The number of nitriles is 1. The first-order valence-corrected chi connectivity index (χ1v) is 13.9. The van der Waals surface area contributed by atoms with E-state index in [0.717, 1.165) is 0 Å². The van der Waals surface area contributed by atoms with E-state index in [2.05, 4.69) is 11.4 Å². The summed E-state index contributed by atoms with van der Waals surface area (Å²) >= 11 is 0. The first kappa shape index (κ1) is 30.5. The number of rotatable bonds is 12. The molecule has 5 N–H and O–H groups in total. The highest BCUT2D eigenvalue weighted by Crippen LogP contribution is 2.63. The molecule has 2 unspecified atom stereocenters. The lowest BCUT2D eigenvalue weighted by Crippen LogP contribution is -2.67. The zero-order valence-corrected chi connectivity index (χ0v) is 23.0. The zero-order valence-electron chi connectivity index (χ0n) is 22.1. The Labute approximate surface area is 213 Å². The number of amides is 2. The number of nitrogens with one attached hydrogen (secondary N) is 1. The normalized spacial score (nSPS) is 30.2. The molecule has 6 atom stereocenters. The van der Waals surface area contributed by atoms with Crippen LogP contribution in [0.3, 0.4) is 0 Å². The molecule has 2 amide bonds. The molecule has 1 fully saturated rings. The summed E-state index contributed by atoms with van der Waals surface area (Å²) in [5.41, 5.74) is 4.47. The van der Waals surface area contributed by atoms with Crippen LogP contribution in [-0.4, -0.2) is 93.5 Å². The van der Waals surface area contributed by atoms with E-state index in [1.807, 2.05) is 32.4 Å². The van der Waals surface area contributed by atoms with Crippen LogP contribution in [0, 0.1) is 17.2 Å². The van der Waals surface area contributed by atoms with Gasteiger partial charge in [-0.1, -0.05) is 13.8 Å². The Hall–Kier alpha value is -1.68. The number of aliphatic hydroxyl groups is 1. The highest BCUT2D eigenvalue weighted by molar-refractivity contribution is 7.63. The van der Waals surface area contributed by atoms with Gasteiger partial charge in [0, 0.05) is 31.3 Å². The monoisotopic (exact) mass is 530 g/mol. The molecule has 0 aromatic rings. The highest BCUT2D eigenvalue weighted by Gasteiger charge is 2.59. The van der Waals surface area contributed by atoms with Crippen molar-refractivity contribution in [3.05, 3.63) is 12.3 Å².